The number of carbonyl (C=O) groups is 1. The Kier molecular flexibility index (Phi) is 3.24. The summed E-state index contributed by atoms with van der Waals surface area (Å²) in [5, 5.41) is 0. The van der Waals surface area contributed by atoms with E-state index in [1.54, 1.807) is 13.8 Å². The van der Waals surface area contributed by atoms with Gasteiger partial charge in [-0.2, -0.15) is 0 Å². The lowest BCUT2D eigenvalue weighted by molar-refractivity contribution is 0.0994. The Morgan fingerprint density at radius 2 is 2.00 bits per heavy atom. The van der Waals surface area contributed by atoms with Crippen LogP contribution < -0.4 is 10.5 Å². The van der Waals surface area contributed by atoms with Gasteiger partial charge >= 0.3 is 0 Å². The van der Waals surface area contributed by atoms with Crippen molar-refractivity contribution in [3.05, 3.63) is 29.3 Å². The molecule has 2 N–H and O–H groups in total. The molecule has 0 spiro atoms. The van der Waals surface area contributed by atoms with Crippen molar-refractivity contribution in [3.8, 4) is 5.75 Å². The van der Waals surface area contributed by atoms with E-state index in [0.717, 1.165) is 12.1 Å². The third-order valence-electron chi connectivity index (χ3n) is 1.67. The summed E-state index contributed by atoms with van der Waals surface area (Å²) in [6, 6.07) is 1.93. The molecule has 0 saturated heterocycles. The van der Waals surface area contributed by atoms with E-state index >= 15 is 0 Å². The lowest BCUT2D eigenvalue weighted by Crippen LogP contribution is -2.16. The fourth-order valence-electron chi connectivity index (χ4n) is 1.07. The first kappa shape index (κ1) is 11.4. The maximum atomic E-state index is 13.5. The van der Waals surface area contributed by atoms with Crippen molar-refractivity contribution < 1.29 is 18.3 Å². The molecule has 15 heavy (non-hydrogen) atoms. The van der Waals surface area contributed by atoms with Gasteiger partial charge in [-0.15, -0.1) is 0 Å². The minimum atomic E-state index is -1.06. The van der Waals surface area contributed by atoms with Crippen LogP contribution in [0, 0.1) is 11.6 Å². The molecule has 1 aromatic carbocycles. The molecule has 5 heteroatoms. The Labute approximate surface area is 85.8 Å². The second-order valence-electron chi connectivity index (χ2n) is 3.27. The molecule has 0 fully saturated rings. The second kappa shape index (κ2) is 4.25. The predicted molar refractivity (Wildman–Crippen MR) is 50.6 cm³/mol. The topological polar surface area (TPSA) is 52.3 Å². The zero-order chi connectivity index (χ0) is 11.6. The van der Waals surface area contributed by atoms with Crippen LogP contribution in [-0.4, -0.2) is 12.0 Å². The molecule has 0 unspecified atom stereocenters. The highest BCUT2D eigenvalue weighted by Crippen LogP contribution is 2.25. The van der Waals surface area contributed by atoms with E-state index in [9.17, 15) is 13.6 Å². The largest absolute Gasteiger partial charge is 0.485 e. The number of amides is 1. The molecule has 0 aliphatic heterocycles. The minimum Gasteiger partial charge on any atom is -0.485 e. The number of ether oxygens (including phenoxy) is 1. The fourth-order valence-corrected chi connectivity index (χ4v) is 1.07. The molecule has 1 aromatic rings. The summed E-state index contributed by atoms with van der Waals surface area (Å²) in [7, 11) is 0. The van der Waals surface area contributed by atoms with E-state index in [-0.39, 0.29) is 5.56 Å². The van der Waals surface area contributed by atoms with Gasteiger partial charge in [-0.3, -0.25) is 4.79 Å². The van der Waals surface area contributed by atoms with Gasteiger partial charge in [0.05, 0.1) is 11.7 Å². The monoisotopic (exact) mass is 215 g/mol. The molecule has 0 heterocycles. The van der Waals surface area contributed by atoms with Crippen LogP contribution in [0.3, 0.4) is 0 Å². The van der Waals surface area contributed by atoms with Gasteiger partial charge in [0.15, 0.2) is 17.4 Å². The summed E-state index contributed by atoms with van der Waals surface area (Å²) in [4.78, 5) is 10.8. The van der Waals surface area contributed by atoms with Gasteiger partial charge in [0.25, 0.3) is 5.91 Å². The molecule has 0 aliphatic carbocycles. The zero-order valence-corrected chi connectivity index (χ0v) is 8.38. The first-order valence-corrected chi connectivity index (χ1v) is 4.38. The number of hydrogen-bond acceptors (Lipinski definition) is 2. The Morgan fingerprint density at radius 1 is 1.40 bits per heavy atom. The highest BCUT2D eigenvalue weighted by atomic mass is 19.1. The summed E-state index contributed by atoms with van der Waals surface area (Å²) in [6.45, 7) is 3.24. The molecule has 0 aliphatic rings. The smallest absolute Gasteiger partial charge is 0.251 e. The van der Waals surface area contributed by atoms with Crippen molar-refractivity contribution in [1.29, 1.82) is 0 Å². The predicted octanol–water partition coefficient (Wildman–Crippen LogP) is 1.85. The average Bonchev–Trinajstić information content (AvgIpc) is 2.11. The first-order valence-electron chi connectivity index (χ1n) is 4.38. The molecule has 82 valence electrons. The summed E-state index contributed by atoms with van der Waals surface area (Å²) in [5.74, 6) is -3.44. The zero-order valence-electron chi connectivity index (χ0n) is 8.38. The molecular formula is C10H11F2NO2. The lowest BCUT2D eigenvalue weighted by atomic mass is 10.2. The van der Waals surface area contributed by atoms with E-state index in [0.29, 0.717) is 0 Å². The molecule has 0 bridgehead atoms. The third kappa shape index (κ3) is 2.43. The van der Waals surface area contributed by atoms with E-state index in [1.807, 2.05) is 0 Å². The van der Waals surface area contributed by atoms with Crippen LogP contribution in [0.1, 0.15) is 24.2 Å². The number of hydrogen-bond donors (Lipinski definition) is 1. The third-order valence-corrected chi connectivity index (χ3v) is 1.67. The van der Waals surface area contributed by atoms with E-state index < -0.39 is 29.4 Å². The first-order chi connectivity index (χ1) is 6.93. The van der Waals surface area contributed by atoms with Crippen molar-refractivity contribution in [2.45, 2.75) is 20.0 Å². The number of rotatable bonds is 3. The summed E-state index contributed by atoms with van der Waals surface area (Å²) < 4.78 is 31.5. The molecule has 1 rings (SSSR count). The molecule has 1 amide bonds. The second-order valence-corrected chi connectivity index (χ2v) is 3.27. The maximum Gasteiger partial charge on any atom is 0.251 e. The van der Waals surface area contributed by atoms with Crippen molar-refractivity contribution in [2.24, 2.45) is 5.73 Å². The normalized spacial score (nSPS) is 10.5. The van der Waals surface area contributed by atoms with Gasteiger partial charge < -0.3 is 10.5 Å². The number of primary amides is 1. The van der Waals surface area contributed by atoms with E-state index in [2.05, 4.69) is 0 Å². The van der Waals surface area contributed by atoms with Gasteiger partial charge in [-0.25, -0.2) is 8.78 Å². The Morgan fingerprint density at radius 3 is 2.47 bits per heavy atom. The highest BCUT2D eigenvalue weighted by Gasteiger charge is 2.18. The van der Waals surface area contributed by atoms with Gasteiger partial charge in [0.1, 0.15) is 0 Å². The van der Waals surface area contributed by atoms with Gasteiger partial charge in [0.2, 0.25) is 0 Å². The van der Waals surface area contributed by atoms with Crippen molar-refractivity contribution in [1.82, 2.24) is 0 Å². The van der Waals surface area contributed by atoms with Crippen LogP contribution in [-0.2, 0) is 0 Å². The summed E-state index contributed by atoms with van der Waals surface area (Å²) in [6.07, 6.45) is -0.392. The van der Waals surface area contributed by atoms with E-state index in [4.69, 9.17) is 10.5 Å². The Balaban J connectivity index is 3.24. The van der Waals surface area contributed by atoms with Crippen LogP contribution in [0.4, 0.5) is 8.78 Å². The van der Waals surface area contributed by atoms with Crippen LogP contribution in [0.5, 0.6) is 5.75 Å². The molecule has 0 atom stereocenters. The van der Waals surface area contributed by atoms with Gasteiger partial charge in [-0.1, -0.05) is 0 Å². The van der Waals surface area contributed by atoms with Crippen molar-refractivity contribution in [3.63, 3.8) is 0 Å². The average molecular weight is 215 g/mol. The Hall–Kier alpha value is -1.65. The molecular weight excluding hydrogens is 204 g/mol. The quantitative estimate of drug-likeness (QED) is 0.836. The SMILES string of the molecule is CC(C)Oc1c(F)ccc(C(N)=O)c1F. The standard InChI is InChI=1S/C10H11F2NO2/c1-5(2)15-9-7(11)4-3-6(8(9)12)10(13)14/h3-5H,1-2H3,(H2,13,14). The van der Waals surface area contributed by atoms with Crippen molar-refractivity contribution in [2.75, 3.05) is 0 Å². The summed E-state index contributed by atoms with van der Waals surface area (Å²) >= 11 is 0. The van der Waals surface area contributed by atoms with Crippen LogP contribution >= 0.6 is 0 Å². The molecule has 3 nitrogen and oxygen atoms in total. The number of halogens is 2. The molecule has 0 radical (unpaired) electrons. The van der Waals surface area contributed by atoms with Crippen LogP contribution in [0.2, 0.25) is 0 Å². The number of nitrogens with two attached hydrogens (primary N) is 1. The highest BCUT2D eigenvalue weighted by molar-refractivity contribution is 5.93. The number of carbonyl (C=O) groups excluding carboxylic acids is 1. The summed E-state index contributed by atoms with van der Waals surface area (Å²) in [5.41, 5.74) is 4.53. The maximum absolute atomic E-state index is 13.5. The van der Waals surface area contributed by atoms with Crippen molar-refractivity contribution >= 4 is 5.91 Å². The van der Waals surface area contributed by atoms with E-state index in [1.165, 1.54) is 0 Å². The molecule has 0 aromatic heterocycles. The molecule has 0 saturated carbocycles. The minimum absolute atomic E-state index is 0.382. The lowest BCUT2D eigenvalue weighted by Gasteiger charge is -2.12. The van der Waals surface area contributed by atoms with Gasteiger partial charge in [-0.05, 0) is 26.0 Å². The van der Waals surface area contributed by atoms with Crippen LogP contribution in [0.15, 0.2) is 12.1 Å². The fraction of sp³-hybridized carbons (Fsp3) is 0.300. The van der Waals surface area contributed by atoms with Gasteiger partial charge in [0, 0.05) is 0 Å². The van der Waals surface area contributed by atoms with Crippen LogP contribution in [0.25, 0.3) is 0 Å². The number of benzene rings is 1. The Bertz CT molecular complexity index is 391.